The largest absolute Gasteiger partial charge is 0.335 e. The van der Waals surface area contributed by atoms with Crippen molar-refractivity contribution in [1.82, 2.24) is 25.0 Å². The molecule has 1 fully saturated rings. The molecule has 1 aromatic heterocycles. The molecule has 2 aromatic rings. The summed E-state index contributed by atoms with van der Waals surface area (Å²) in [5.74, 6) is 1.32. The summed E-state index contributed by atoms with van der Waals surface area (Å²) >= 11 is 0. The number of hydrogen-bond donors (Lipinski definition) is 1. The highest BCUT2D eigenvalue weighted by atomic mass is 16.2. The lowest BCUT2D eigenvalue weighted by atomic mass is 10.0. The molecule has 1 amide bonds. The second-order valence-electron chi connectivity index (χ2n) is 6.50. The molecule has 6 nitrogen and oxygen atoms in total. The van der Waals surface area contributed by atoms with Gasteiger partial charge in [-0.15, -0.1) is 5.10 Å². The molecule has 1 saturated heterocycles. The highest BCUT2D eigenvalue weighted by Gasteiger charge is 2.23. The van der Waals surface area contributed by atoms with Crippen LogP contribution in [0.5, 0.6) is 0 Å². The van der Waals surface area contributed by atoms with Gasteiger partial charge < -0.3 is 10.2 Å². The average Bonchev–Trinajstić information content (AvgIpc) is 2.79. The number of nitrogens with one attached hydrogen (secondary N) is 1. The maximum Gasteiger partial charge on any atom is 0.293 e. The van der Waals surface area contributed by atoms with Crippen LogP contribution in [0.2, 0.25) is 0 Å². The summed E-state index contributed by atoms with van der Waals surface area (Å²) in [6.07, 6.45) is 0.960. The molecule has 2 heterocycles. The molecule has 0 atom stereocenters. The van der Waals surface area contributed by atoms with Crippen molar-refractivity contribution in [3.8, 4) is 5.69 Å². The number of carbonyl (C=O) groups excluding carboxylic acids is 1. The standard InChI is InChI=1S/C18H25N5O/c1-13(2)15-7-4-5-8-16(15)23-14(3)20-17(21-23)18(24)22-11-6-9-19-10-12-22/h4-5,7-8,13,19H,6,9-12H2,1-3H3. The lowest BCUT2D eigenvalue weighted by molar-refractivity contribution is 0.0754. The van der Waals surface area contributed by atoms with Gasteiger partial charge in [-0.25, -0.2) is 9.67 Å². The Kier molecular flexibility index (Phi) is 4.94. The minimum Gasteiger partial charge on any atom is -0.335 e. The van der Waals surface area contributed by atoms with Crippen LogP contribution in [0.15, 0.2) is 24.3 Å². The molecule has 0 aliphatic carbocycles. The van der Waals surface area contributed by atoms with Gasteiger partial charge in [0.25, 0.3) is 5.91 Å². The van der Waals surface area contributed by atoms with Crippen molar-refractivity contribution in [2.75, 3.05) is 26.2 Å². The third-order valence-electron chi connectivity index (χ3n) is 4.37. The van der Waals surface area contributed by atoms with E-state index in [0.29, 0.717) is 12.5 Å². The Morgan fingerprint density at radius 2 is 2.00 bits per heavy atom. The van der Waals surface area contributed by atoms with Crippen molar-refractivity contribution < 1.29 is 4.79 Å². The fourth-order valence-corrected chi connectivity index (χ4v) is 3.07. The molecule has 1 aliphatic rings. The normalized spacial score (nSPS) is 15.6. The van der Waals surface area contributed by atoms with E-state index in [-0.39, 0.29) is 11.7 Å². The van der Waals surface area contributed by atoms with Gasteiger partial charge in [-0.1, -0.05) is 32.0 Å². The van der Waals surface area contributed by atoms with E-state index in [9.17, 15) is 4.79 Å². The van der Waals surface area contributed by atoms with E-state index in [1.165, 1.54) is 5.56 Å². The minimum absolute atomic E-state index is 0.0809. The number of aryl methyl sites for hydroxylation is 1. The first-order valence-corrected chi connectivity index (χ1v) is 8.61. The summed E-state index contributed by atoms with van der Waals surface area (Å²) in [6, 6.07) is 8.15. The summed E-state index contributed by atoms with van der Waals surface area (Å²) < 4.78 is 1.79. The number of nitrogens with zero attached hydrogens (tertiary/aromatic N) is 4. The first-order valence-electron chi connectivity index (χ1n) is 8.61. The van der Waals surface area contributed by atoms with E-state index in [1.807, 2.05) is 30.0 Å². The smallest absolute Gasteiger partial charge is 0.293 e. The molecule has 6 heteroatoms. The minimum atomic E-state index is -0.0809. The molecule has 3 rings (SSSR count). The highest BCUT2D eigenvalue weighted by Crippen LogP contribution is 2.23. The Balaban J connectivity index is 1.92. The topological polar surface area (TPSA) is 63.1 Å². The molecular formula is C18H25N5O. The number of amides is 1. The number of hydrogen-bond acceptors (Lipinski definition) is 4. The van der Waals surface area contributed by atoms with Gasteiger partial charge in [0.15, 0.2) is 0 Å². The molecule has 0 saturated carbocycles. The van der Waals surface area contributed by atoms with E-state index in [2.05, 4.69) is 35.3 Å². The Hall–Kier alpha value is -2.21. The van der Waals surface area contributed by atoms with Crippen molar-refractivity contribution in [1.29, 1.82) is 0 Å². The Labute approximate surface area is 142 Å². The first kappa shape index (κ1) is 16.6. The molecule has 1 N–H and O–H groups in total. The monoisotopic (exact) mass is 327 g/mol. The molecule has 0 spiro atoms. The van der Waals surface area contributed by atoms with Crippen molar-refractivity contribution in [2.45, 2.75) is 33.1 Å². The molecule has 0 bridgehead atoms. The Morgan fingerprint density at radius 1 is 1.21 bits per heavy atom. The first-order chi connectivity index (χ1) is 11.6. The van der Waals surface area contributed by atoms with E-state index < -0.39 is 0 Å². The Morgan fingerprint density at radius 3 is 2.79 bits per heavy atom. The predicted octanol–water partition coefficient (Wildman–Crippen LogP) is 2.13. The van der Waals surface area contributed by atoms with Crippen LogP contribution < -0.4 is 5.32 Å². The molecule has 24 heavy (non-hydrogen) atoms. The van der Waals surface area contributed by atoms with Gasteiger partial charge in [0.05, 0.1) is 5.69 Å². The molecular weight excluding hydrogens is 302 g/mol. The number of para-hydroxylation sites is 1. The van der Waals surface area contributed by atoms with Crippen molar-refractivity contribution in [2.24, 2.45) is 0 Å². The van der Waals surface area contributed by atoms with Gasteiger partial charge in [0.1, 0.15) is 5.82 Å². The molecule has 128 valence electrons. The van der Waals surface area contributed by atoms with Crippen LogP contribution in [-0.2, 0) is 0 Å². The Bertz CT molecular complexity index is 714. The van der Waals surface area contributed by atoms with Gasteiger partial charge in [-0.3, -0.25) is 4.79 Å². The van der Waals surface area contributed by atoms with Crippen molar-refractivity contribution in [3.63, 3.8) is 0 Å². The van der Waals surface area contributed by atoms with Crippen LogP contribution in [0.1, 0.15) is 48.2 Å². The van der Waals surface area contributed by atoms with Gasteiger partial charge in [0, 0.05) is 19.6 Å². The van der Waals surface area contributed by atoms with E-state index >= 15 is 0 Å². The molecule has 1 aliphatic heterocycles. The van der Waals surface area contributed by atoms with E-state index in [1.54, 1.807) is 4.68 Å². The zero-order valence-corrected chi connectivity index (χ0v) is 14.6. The van der Waals surface area contributed by atoms with E-state index in [0.717, 1.165) is 37.6 Å². The second-order valence-corrected chi connectivity index (χ2v) is 6.50. The number of aromatic nitrogens is 3. The fourth-order valence-electron chi connectivity index (χ4n) is 3.07. The van der Waals surface area contributed by atoms with Crippen LogP contribution in [0.25, 0.3) is 5.69 Å². The van der Waals surface area contributed by atoms with Gasteiger partial charge in [-0.2, -0.15) is 0 Å². The zero-order valence-electron chi connectivity index (χ0n) is 14.6. The van der Waals surface area contributed by atoms with Gasteiger partial charge in [0.2, 0.25) is 5.82 Å². The maximum atomic E-state index is 12.7. The quantitative estimate of drug-likeness (QED) is 0.938. The van der Waals surface area contributed by atoms with Crippen LogP contribution >= 0.6 is 0 Å². The van der Waals surface area contributed by atoms with Crippen LogP contribution in [-0.4, -0.2) is 51.8 Å². The summed E-state index contributed by atoms with van der Waals surface area (Å²) in [7, 11) is 0. The highest BCUT2D eigenvalue weighted by molar-refractivity contribution is 5.90. The summed E-state index contributed by atoms with van der Waals surface area (Å²) in [6.45, 7) is 9.43. The van der Waals surface area contributed by atoms with E-state index in [4.69, 9.17) is 0 Å². The lowest BCUT2D eigenvalue weighted by Crippen LogP contribution is -2.34. The molecule has 0 unspecified atom stereocenters. The maximum absolute atomic E-state index is 12.7. The van der Waals surface area contributed by atoms with Gasteiger partial charge >= 0.3 is 0 Å². The number of benzene rings is 1. The third-order valence-corrected chi connectivity index (χ3v) is 4.37. The SMILES string of the molecule is Cc1nc(C(=O)N2CCCNCC2)nn1-c1ccccc1C(C)C. The average molecular weight is 327 g/mol. The lowest BCUT2D eigenvalue weighted by Gasteiger charge is -2.17. The van der Waals surface area contributed by atoms with Gasteiger partial charge in [-0.05, 0) is 37.4 Å². The predicted molar refractivity (Wildman–Crippen MR) is 93.6 cm³/mol. The second kappa shape index (κ2) is 7.13. The summed E-state index contributed by atoms with van der Waals surface area (Å²) in [5, 5.41) is 7.83. The molecule has 0 radical (unpaired) electrons. The fraction of sp³-hybridized carbons (Fsp3) is 0.500. The number of rotatable bonds is 3. The van der Waals surface area contributed by atoms with Crippen LogP contribution in [0, 0.1) is 6.92 Å². The van der Waals surface area contributed by atoms with Crippen molar-refractivity contribution >= 4 is 5.91 Å². The zero-order chi connectivity index (χ0) is 17.1. The van der Waals surface area contributed by atoms with Crippen LogP contribution in [0.4, 0.5) is 0 Å². The third kappa shape index (κ3) is 3.33. The summed E-state index contributed by atoms with van der Waals surface area (Å²) in [4.78, 5) is 19.0. The number of carbonyl (C=O) groups is 1. The van der Waals surface area contributed by atoms with Crippen LogP contribution in [0.3, 0.4) is 0 Å². The van der Waals surface area contributed by atoms with Crippen molar-refractivity contribution in [3.05, 3.63) is 41.5 Å². The molecule has 1 aromatic carbocycles. The summed E-state index contributed by atoms with van der Waals surface area (Å²) in [5.41, 5.74) is 2.19.